The number of H-pyrrole nitrogens is 1. The van der Waals surface area contributed by atoms with Crippen molar-refractivity contribution in [1.29, 1.82) is 0 Å². The Balaban J connectivity index is 1.95. The molecule has 2 rings (SSSR count). The van der Waals surface area contributed by atoms with Crippen molar-refractivity contribution in [3.8, 4) is 0 Å². The lowest BCUT2D eigenvalue weighted by Gasteiger charge is -2.33. The molecule has 0 aliphatic heterocycles. The lowest BCUT2D eigenvalue weighted by Crippen LogP contribution is -2.55. The van der Waals surface area contributed by atoms with E-state index in [0.29, 0.717) is 5.92 Å². The van der Waals surface area contributed by atoms with Crippen LogP contribution in [0.5, 0.6) is 0 Å². The molecule has 0 aromatic carbocycles. The highest BCUT2D eigenvalue weighted by Gasteiger charge is 2.48. The maximum Gasteiger partial charge on any atom is 0.326 e. The van der Waals surface area contributed by atoms with E-state index < -0.39 is 5.54 Å². The second-order valence-corrected chi connectivity index (χ2v) is 6.20. The van der Waals surface area contributed by atoms with Gasteiger partial charge in [0, 0.05) is 18.1 Å². The predicted octanol–water partition coefficient (Wildman–Crippen LogP) is 2.21. The summed E-state index contributed by atoms with van der Waals surface area (Å²) in [5, 5.41) is 4.34. The van der Waals surface area contributed by atoms with Gasteiger partial charge in [-0.15, -0.1) is 0 Å². The number of thioether (sulfide) groups is 1. The van der Waals surface area contributed by atoms with E-state index in [1.165, 1.54) is 7.11 Å². The maximum absolute atomic E-state index is 12.2. The quantitative estimate of drug-likeness (QED) is 0.596. The molecule has 0 bridgehead atoms. The first kappa shape index (κ1) is 15.4. The molecule has 2 unspecified atom stereocenters. The van der Waals surface area contributed by atoms with Crippen LogP contribution in [0.3, 0.4) is 0 Å². The minimum atomic E-state index is -0.479. The number of ether oxygens (including phenoxy) is 1. The monoisotopic (exact) mass is 297 g/mol. The maximum atomic E-state index is 12.2. The summed E-state index contributed by atoms with van der Waals surface area (Å²) in [7, 11) is 1.48. The van der Waals surface area contributed by atoms with Crippen LogP contribution < -0.4 is 5.32 Å². The predicted molar refractivity (Wildman–Crippen MR) is 79.7 cm³/mol. The smallest absolute Gasteiger partial charge is 0.326 e. The first-order valence-corrected chi connectivity index (χ1v) is 8.17. The topological polar surface area (TPSA) is 67.0 Å². The Hall–Kier alpha value is -1.01. The lowest BCUT2D eigenvalue weighted by atomic mass is 9.85. The van der Waals surface area contributed by atoms with Gasteiger partial charge >= 0.3 is 5.97 Å². The van der Waals surface area contributed by atoms with Gasteiger partial charge in [-0.1, -0.05) is 25.1 Å². The van der Waals surface area contributed by atoms with Gasteiger partial charge in [-0.05, 0) is 31.7 Å². The van der Waals surface area contributed by atoms with E-state index in [4.69, 9.17) is 4.74 Å². The van der Waals surface area contributed by atoms with Crippen LogP contribution in [0.4, 0.5) is 0 Å². The first-order chi connectivity index (χ1) is 9.73. The third-order valence-electron chi connectivity index (χ3n) is 4.04. The van der Waals surface area contributed by atoms with Crippen LogP contribution in [0.15, 0.2) is 17.6 Å². The zero-order valence-corrected chi connectivity index (χ0v) is 13.0. The second kappa shape index (κ2) is 7.13. The molecule has 20 heavy (non-hydrogen) atoms. The van der Waals surface area contributed by atoms with Crippen LogP contribution in [0, 0.1) is 5.92 Å². The number of methoxy groups -OCH3 is 1. The van der Waals surface area contributed by atoms with Crippen molar-refractivity contribution < 1.29 is 9.53 Å². The summed E-state index contributed by atoms with van der Waals surface area (Å²) in [5.41, 5.74) is -0.479. The van der Waals surface area contributed by atoms with Crippen LogP contribution in [-0.2, 0) is 9.53 Å². The van der Waals surface area contributed by atoms with Crippen molar-refractivity contribution in [2.45, 2.75) is 43.3 Å². The second-order valence-electron chi connectivity index (χ2n) is 5.11. The minimum absolute atomic E-state index is 0.107. The number of nitrogens with one attached hydrogen (secondary N) is 2. The van der Waals surface area contributed by atoms with Gasteiger partial charge in [-0.2, -0.15) is 0 Å². The standard InChI is InChI=1S/C14H23N3O2S/c1-3-17-14(12(18)19-2)7-4-5-11(14)6-10-20-13-15-8-9-16-13/h8-9,11,17H,3-7,10H2,1-2H3,(H,15,16). The van der Waals surface area contributed by atoms with E-state index in [1.54, 1.807) is 18.0 Å². The van der Waals surface area contributed by atoms with Crippen LogP contribution in [0.1, 0.15) is 32.6 Å². The summed E-state index contributed by atoms with van der Waals surface area (Å²) in [6.07, 6.45) is 7.63. The number of nitrogens with zero attached hydrogens (tertiary/aromatic N) is 1. The minimum Gasteiger partial charge on any atom is -0.468 e. The molecular weight excluding hydrogens is 274 g/mol. The molecule has 1 aliphatic carbocycles. The zero-order valence-electron chi connectivity index (χ0n) is 12.1. The van der Waals surface area contributed by atoms with E-state index >= 15 is 0 Å². The fourth-order valence-corrected chi connectivity index (χ4v) is 4.05. The van der Waals surface area contributed by atoms with Crippen molar-refractivity contribution in [3.63, 3.8) is 0 Å². The molecule has 0 amide bonds. The summed E-state index contributed by atoms with van der Waals surface area (Å²) in [6, 6.07) is 0. The van der Waals surface area contributed by atoms with Crippen molar-refractivity contribution in [2.75, 3.05) is 19.4 Å². The Kier molecular flexibility index (Phi) is 5.48. The Morgan fingerprint density at radius 2 is 2.55 bits per heavy atom. The van der Waals surface area contributed by atoms with Crippen LogP contribution >= 0.6 is 11.8 Å². The van der Waals surface area contributed by atoms with Gasteiger partial charge in [-0.3, -0.25) is 4.79 Å². The van der Waals surface area contributed by atoms with Gasteiger partial charge in [0.2, 0.25) is 0 Å². The molecule has 112 valence electrons. The van der Waals surface area contributed by atoms with E-state index in [1.807, 2.05) is 13.1 Å². The van der Waals surface area contributed by atoms with Gasteiger partial charge < -0.3 is 15.0 Å². The lowest BCUT2D eigenvalue weighted by molar-refractivity contribution is -0.150. The molecular formula is C14H23N3O2S. The first-order valence-electron chi connectivity index (χ1n) is 7.18. The Morgan fingerprint density at radius 1 is 1.70 bits per heavy atom. The number of carbonyl (C=O) groups is 1. The number of esters is 1. The normalized spacial score (nSPS) is 25.8. The van der Waals surface area contributed by atoms with Gasteiger partial charge in [0.05, 0.1) is 7.11 Å². The Bertz CT molecular complexity index is 424. The van der Waals surface area contributed by atoms with Crippen molar-refractivity contribution in [3.05, 3.63) is 12.4 Å². The van der Waals surface area contributed by atoms with Gasteiger partial charge in [0.1, 0.15) is 5.54 Å². The number of aromatic amines is 1. The highest BCUT2D eigenvalue weighted by Crippen LogP contribution is 2.39. The van der Waals surface area contributed by atoms with Crippen LogP contribution in [0.2, 0.25) is 0 Å². The molecule has 1 aromatic heterocycles. The van der Waals surface area contributed by atoms with Gasteiger partial charge in [0.25, 0.3) is 0 Å². The number of hydrogen-bond donors (Lipinski definition) is 2. The molecule has 5 nitrogen and oxygen atoms in total. The fraction of sp³-hybridized carbons (Fsp3) is 0.714. The number of carbonyl (C=O) groups excluding carboxylic acids is 1. The van der Waals surface area contributed by atoms with Crippen molar-refractivity contribution in [2.24, 2.45) is 5.92 Å². The van der Waals surface area contributed by atoms with Crippen LogP contribution in [0.25, 0.3) is 0 Å². The number of imidazole rings is 1. The highest BCUT2D eigenvalue weighted by atomic mass is 32.2. The van der Waals surface area contributed by atoms with E-state index in [0.717, 1.165) is 43.1 Å². The van der Waals surface area contributed by atoms with Crippen molar-refractivity contribution in [1.82, 2.24) is 15.3 Å². The van der Waals surface area contributed by atoms with Crippen molar-refractivity contribution >= 4 is 17.7 Å². The Labute approximate surface area is 124 Å². The number of aromatic nitrogens is 2. The molecule has 2 N–H and O–H groups in total. The molecule has 0 saturated heterocycles. The molecule has 1 fully saturated rings. The summed E-state index contributed by atoms with van der Waals surface area (Å²) in [4.78, 5) is 19.5. The molecule has 0 spiro atoms. The average Bonchev–Trinajstić information content (AvgIpc) is 3.09. The third kappa shape index (κ3) is 3.17. The average molecular weight is 297 g/mol. The van der Waals surface area contributed by atoms with E-state index in [-0.39, 0.29) is 5.97 Å². The molecule has 1 aliphatic rings. The number of hydrogen-bond acceptors (Lipinski definition) is 5. The molecule has 6 heteroatoms. The summed E-state index contributed by atoms with van der Waals surface area (Å²) < 4.78 is 5.05. The Morgan fingerprint density at radius 3 is 3.20 bits per heavy atom. The third-order valence-corrected chi connectivity index (χ3v) is 4.98. The van der Waals surface area contributed by atoms with E-state index in [2.05, 4.69) is 15.3 Å². The summed E-state index contributed by atoms with van der Waals surface area (Å²) in [5.74, 6) is 1.20. The molecule has 1 heterocycles. The summed E-state index contributed by atoms with van der Waals surface area (Å²) >= 11 is 1.71. The molecule has 1 saturated carbocycles. The van der Waals surface area contributed by atoms with Gasteiger partial charge in [-0.25, -0.2) is 4.98 Å². The van der Waals surface area contributed by atoms with E-state index in [9.17, 15) is 4.79 Å². The highest BCUT2D eigenvalue weighted by molar-refractivity contribution is 7.99. The molecule has 1 aromatic rings. The van der Waals surface area contributed by atoms with Gasteiger partial charge in [0.15, 0.2) is 5.16 Å². The number of likely N-dealkylation sites (N-methyl/N-ethyl adjacent to an activating group) is 1. The largest absolute Gasteiger partial charge is 0.468 e. The zero-order chi connectivity index (χ0) is 14.4. The number of rotatable bonds is 7. The van der Waals surface area contributed by atoms with Crippen LogP contribution in [-0.4, -0.2) is 40.9 Å². The molecule has 0 radical (unpaired) electrons. The summed E-state index contributed by atoms with van der Waals surface area (Å²) in [6.45, 7) is 2.83. The fourth-order valence-electron chi connectivity index (χ4n) is 3.17. The molecule has 2 atom stereocenters. The SMILES string of the molecule is CCNC1(C(=O)OC)CCCC1CCSc1ncc[nH]1.